The van der Waals surface area contributed by atoms with Gasteiger partial charge in [-0.15, -0.1) is 0 Å². The highest BCUT2D eigenvalue weighted by molar-refractivity contribution is 5.97. The van der Waals surface area contributed by atoms with Crippen LogP contribution in [0.2, 0.25) is 0 Å². The molecule has 4 nitrogen and oxygen atoms in total. The van der Waals surface area contributed by atoms with Crippen molar-refractivity contribution in [2.45, 2.75) is 32.4 Å². The van der Waals surface area contributed by atoms with Gasteiger partial charge in [0.15, 0.2) is 0 Å². The Balaban J connectivity index is 2.13. The standard InChI is InChI=1S/C16H20N2O2/c1-3-4-10-18-12(2)15(19)17-14(16(18)20)11-13-8-6-5-7-9-13/h3-9,12,14H,10-11H2,1-2H3,(H,17,19)/b4-3+. The largest absolute Gasteiger partial charge is 0.342 e. The summed E-state index contributed by atoms with van der Waals surface area (Å²) >= 11 is 0. The molecule has 106 valence electrons. The summed E-state index contributed by atoms with van der Waals surface area (Å²) in [5.41, 5.74) is 1.05. The van der Waals surface area contributed by atoms with Crippen molar-refractivity contribution in [3.05, 3.63) is 48.0 Å². The van der Waals surface area contributed by atoms with Gasteiger partial charge in [-0.1, -0.05) is 42.5 Å². The monoisotopic (exact) mass is 272 g/mol. The predicted molar refractivity (Wildman–Crippen MR) is 78.1 cm³/mol. The molecule has 1 aromatic carbocycles. The molecule has 0 radical (unpaired) electrons. The van der Waals surface area contributed by atoms with Crippen molar-refractivity contribution < 1.29 is 9.59 Å². The van der Waals surface area contributed by atoms with Gasteiger partial charge in [0.05, 0.1) is 0 Å². The van der Waals surface area contributed by atoms with Crippen LogP contribution < -0.4 is 5.32 Å². The SMILES string of the molecule is C/C=C/CN1C(=O)C(Cc2ccccc2)NC(=O)C1C. The number of amides is 2. The Bertz CT molecular complexity index is 510. The van der Waals surface area contributed by atoms with Crippen molar-refractivity contribution in [3.8, 4) is 0 Å². The lowest BCUT2D eigenvalue weighted by atomic mass is 10.0. The summed E-state index contributed by atoms with van der Waals surface area (Å²) < 4.78 is 0. The fourth-order valence-corrected chi connectivity index (χ4v) is 2.34. The molecule has 0 aromatic heterocycles. The fourth-order valence-electron chi connectivity index (χ4n) is 2.34. The zero-order valence-electron chi connectivity index (χ0n) is 11.9. The molecular weight excluding hydrogens is 252 g/mol. The molecule has 0 spiro atoms. The molecule has 0 aliphatic carbocycles. The number of piperazine rings is 1. The third-order valence-electron chi connectivity index (χ3n) is 3.57. The van der Waals surface area contributed by atoms with Gasteiger partial charge >= 0.3 is 0 Å². The highest BCUT2D eigenvalue weighted by Gasteiger charge is 2.37. The van der Waals surface area contributed by atoms with Crippen LogP contribution in [0.5, 0.6) is 0 Å². The Morgan fingerprint density at radius 1 is 1.25 bits per heavy atom. The van der Waals surface area contributed by atoms with Crippen LogP contribution in [-0.4, -0.2) is 35.3 Å². The molecule has 2 atom stereocenters. The van der Waals surface area contributed by atoms with E-state index < -0.39 is 12.1 Å². The fraction of sp³-hybridized carbons (Fsp3) is 0.375. The molecule has 0 bridgehead atoms. The summed E-state index contributed by atoms with van der Waals surface area (Å²) in [6, 6.07) is 8.86. The first-order valence-electron chi connectivity index (χ1n) is 6.89. The third kappa shape index (κ3) is 3.07. The van der Waals surface area contributed by atoms with Gasteiger partial charge < -0.3 is 10.2 Å². The Hall–Kier alpha value is -2.10. The number of benzene rings is 1. The molecule has 1 aliphatic rings. The minimum absolute atomic E-state index is 0.0148. The van der Waals surface area contributed by atoms with Gasteiger partial charge in [-0.05, 0) is 19.4 Å². The van der Waals surface area contributed by atoms with Crippen molar-refractivity contribution >= 4 is 11.8 Å². The number of rotatable bonds is 4. The van der Waals surface area contributed by atoms with Gasteiger partial charge in [-0.25, -0.2) is 0 Å². The summed E-state index contributed by atoms with van der Waals surface area (Å²) in [5.74, 6) is -0.103. The average Bonchev–Trinajstić information content (AvgIpc) is 2.46. The van der Waals surface area contributed by atoms with Crippen LogP contribution in [-0.2, 0) is 16.0 Å². The summed E-state index contributed by atoms with van der Waals surface area (Å²) in [6.45, 7) is 4.14. The molecular formula is C16H20N2O2. The number of hydrogen-bond donors (Lipinski definition) is 1. The van der Waals surface area contributed by atoms with E-state index in [9.17, 15) is 9.59 Å². The van der Waals surface area contributed by atoms with E-state index in [1.54, 1.807) is 11.8 Å². The summed E-state index contributed by atoms with van der Waals surface area (Å²) in [6.07, 6.45) is 4.32. The molecule has 1 N–H and O–H groups in total. The number of carbonyl (C=O) groups is 2. The first-order chi connectivity index (χ1) is 9.63. The van der Waals surface area contributed by atoms with Gasteiger partial charge in [-0.3, -0.25) is 9.59 Å². The summed E-state index contributed by atoms with van der Waals surface area (Å²) in [5, 5.41) is 2.82. The van der Waals surface area contributed by atoms with Crippen LogP contribution in [0.3, 0.4) is 0 Å². The van der Waals surface area contributed by atoms with Crippen LogP contribution in [0.1, 0.15) is 19.4 Å². The van der Waals surface area contributed by atoms with Gasteiger partial charge in [-0.2, -0.15) is 0 Å². The summed E-state index contributed by atoms with van der Waals surface area (Å²) in [7, 11) is 0. The van der Waals surface area contributed by atoms with Crippen LogP contribution in [0.15, 0.2) is 42.5 Å². The van der Waals surface area contributed by atoms with E-state index in [4.69, 9.17) is 0 Å². The molecule has 2 rings (SSSR count). The lowest BCUT2D eigenvalue weighted by Crippen LogP contribution is -2.62. The molecule has 20 heavy (non-hydrogen) atoms. The third-order valence-corrected chi connectivity index (χ3v) is 3.57. The van der Waals surface area contributed by atoms with Crippen molar-refractivity contribution in [1.29, 1.82) is 0 Å². The van der Waals surface area contributed by atoms with Crippen molar-refractivity contribution in [1.82, 2.24) is 10.2 Å². The number of nitrogens with one attached hydrogen (secondary N) is 1. The van der Waals surface area contributed by atoms with Crippen LogP contribution in [0, 0.1) is 0 Å². The number of allylic oxidation sites excluding steroid dienone is 1. The van der Waals surface area contributed by atoms with E-state index in [0.717, 1.165) is 5.56 Å². The Kier molecular flexibility index (Phi) is 4.56. The average molecular weight is 272 g/mol. The molecule has 1 fully saturated rings. The van der Waals surface area contributed by atoms with E-state index in [0.29, 0.717) is 13.0 Å². The molecule has 1 aromatic rings. The first kappa shape index (κ1) is 14.3. The smallest absolute Gasteiger partial charge is 0.246 e. The van der Waals surface area contributed by atoms with Gasteiger partial charge in [0.1, 0.15) is 12.1 Å². The van der Waals surface area contributed by atoms with Gasteiger partial charge in [0.25, 0.3) is 0 Å². The second kappa shape index (κ2) is 6.37. The maximum atomic E-state index is 12.5. The lowest BCUT2D eigenvalue weighted by molar-refractivity contribution is -0.147. The van der Waals surface area contributed by atoms with E-state index in [1.165, 1.54) is 0 Å². The minimum atomic E-state index is -0.466. The predicted octanol–water partition coefficient (Wildman–Crippen LogP) is 1.52. The molecule has 4 heteroatoms. The van der Waals surface area contributed by atoms with Gasteiger partial charge in [0.2, 0.25) is 11.8 Å². The molecule has 1 aliphatic heterocycles. The van der Waals surface area contributed by atoms with E-state index in [-0.39, 0.29) is 11.8 Å². The van der Waals surface area contributed by atoms with Gasteiger partial charge in [0, 0.05) is 13.0 Å². The molecule has 0 saturated carbocycles. The van der Waals surface area contributed by atoms with E-state index in [1.807, 2.05) is 49.4 Å². The Labute approximate surface area is 119 Å². The van der Waals surface area contributed by atoms with Crippen molar-refractivity contribution in [2.75, 3.05) is 6.54 Å². The van der Waals surface area contributed by atoms with Crippen LogP contribution in [0.4, 0.5) is 0 Å². The molecule has 1 heterocycles. The quantitative estimate of drug-likeness (QED) is 0.845. The highest BCUT2D eigenvalue weighted by atomic mass is 16.2. The molecule has 1 saturated heterocycles. The topological polar surface area (TPSA) is 49.4 Å². The molecule has 2 unspecified atom stereocenters. The number of hydrogen-bond acceptors (Lipinski definition) is 2. The highest BCUT2D eigenvalue weighted by Crippen LogP contribution is 2.13. The maximum absolute atomic E-state index is 12.5. The number of nitrogens with zero attached hydrogens (tertiary/aromatic N) is 1. The summed E-state index contributed by atoms with van der Waals surface area (Å²) in [4.78, 5) is 26.1. The normalized spacial score (nSPS) is 23.2. The lowest BCUT2D eigenvalue weighted by Gasteiger charge is -2.36. The Morgan fingerprint density at radius 2 is 1.95 bits per heavy atom. The van der Waals surface area contributed by atoms with E-state index in [2.05, 4.69) is 5.32 Å². The Morgan fingerprint density at radius 3 is 2.60 bits per heavy atom. The van der Waals surface area contributed by atoms with E-state index >= 15 is 0 Å². The zero-order valence-corrected chi connectivity index (χ0v) is 11.9. The molecule has 2 amide bonds. The van der Waals surface area contributed by atoms with Crippen molar-refractivity contribution in [3.63, 3.8) is 0 Å². The first-order valence-corrected chi connectivity index (χ1v) is 6.89. The zero-order chi connectivity index (χ0) is 14.5. The minimum Gasteiger partial charge on any atom is -0.342 e. The second-order valence-electron chi connectivity index (χ2n) is 4.99. The number of carbonyl (C=O) groups excluding carboxylic acids is 2. The van der Waals surface area contributed by atoms with Crippen LogP contribution in [0.25, 0.3) is 0 Å². The maximum Gasteiger partial charge on any atom is 0.246 e. The second-order valence-corrected chi connectivity index (χ2v) is 4.99. The van der Waals surface area contributed by atoms with Crippen molar-refractivity contribution in [2.24, 2.45) is 0 Å². The van der Waals surface area contributed by atoms with Crippen LogP contribution >= 0.6 is 0 Å².